The molecular formula is C12H8Cl2NO2+. The number of nitrogens with zero attached hydrogens (tertiary/aromatic N) is 1. The molecule has 0 fully saturated rings. The van der Waals surface area contributed by atoms with E-state index in [1.54, 1.807) is 42.5 Å². The number of halogens is 2. The van der Waals surface area contributed by atoms with Crippen LogP contribution in [0.2, 0.25) is 10.3 Å². The Morgan fingerprint density at radius 3 is 2.12 bits per heavy atom. The molecule has 1 heterocycles. The maximum atomic E-state index is 11.8. The minimum Gasteiger partial charge on any atom is -0.239 e. The molecule has 2 rings (SSSR count). The number of carbonyl (C=O) groups excluding carboxylic acids is 1. The molecule has 0 atom stereocenters. The second kappa shape index (κ2) is 5.17. The van der Waals surface area contributed by atoms with E-state index in [0.29, 0.717) is 5.56 Å². The maximum absolute atomic E-state index is 11.8. The van der Waals surface area contributed by atoms with Gasteiger partial charge in [-0.3, -0.25) is 0 Å². The molecule has 1 aromatic carbocycles. The third-order valence-electron chi connectivity index (χ3n) is 2.04. The van der Waals surface area contributed by atoms with E-state index >= 15 is 0 Å². The van der Waals surface area contributed by atoms with Crippen molar-refractivity contribution in [3.8, 4) is 0 Å². The molecule has 0 aliphatic rings. The zero-order valence-corrected chi connectivity index (χ0v) is 10.2. The van der Waals surface area contributed by atoms with Gasteiger partial charge >= 0.3 is 16.3 Å². The smallest absolute Gasteiger partial charge is 0.239 e. The van der Waals surface area contributed by atoms with Crippen LogP contribution in [0.4, 0.5) is 0 Å². The van der Waals surface area contributed by atoms with Crippen molar-refractivity contribution in [1.82, 2.24) is 0 Å². The number of aromatic nitrogens is 1. The highest BCUT2D eigenvalue weighted by molar-refractivity contribution is 6.30. The lowest BCUT2D eigenvalue weighted by Crippen LogP contribution is -2.47. The molecule has 17 heavy (non-hydrogen) atoms. The van der Waals surface area contributed by atoms with E-state index in [4.69, 9.17) is 28.0 Å². The highest BCUT2D eigenvalue weighted by Gasteiger charge is 2.21. The summed E-state index contributed by atoms with van der Waals surface area (Å²) >= 11 is 11.7. The number of pyridine rings is 1. The van der Waals surface area contributed by atoms with Crippen LogP contribution >= 0.6 is 23.2 Å². The molecule has 0 unspecified atom stereocenters. The fourth-order valence-electron chi connectivity index (χ4n) is 1.24. The lowest BCUT2D eigenvalue weighted by Gasteiger charge is -1.99. The van der Waals surface area contributed by atoms with Crippen LogP contribution in [-0.2, 0) is 0 Å². The van der Waals surface area contributed by atoms with Crippen molar-refractivity contribution >= 4 is 29.2 Å². The number of benzene rings is 1. The number of rotatable bonds is 2. The van der Waals surface area contributed by atoms with E-state index in [0.717, 1.165) is 4.73 Å². The molecular weight excluding hydrogens is 261 g/mol. The molecule has 0 aliphatic carbocycles. The normalized spacial score (nSPS) is 10.0. The Morgan fingerprint density at radius 1 is 0.941 bits per heavy atom. The molecule has 0 saturated carbocycles. The zero-order valence-electron chi connectivity index (χ0n) is 8.64. The summed E-state index contributed by atoms with van der Waals surface area (Å²) in [5, 5.41) is 0.448. The van der Waals surface area contributed by atoms with Crippen molar-refractivity contribution in [1.29, 1.82) is 0 Å². The van der Waals surface area contributed by atoms with E-state index in [1.807, 2.05) is 6.07 Å². The van der Waals surface area contributed by atoms with Crippen LogP contribution < -0.4 is 9.57 Å². The minimum atomic E-state index is -0.523. The minimum absolute atomic E-state index is 0.224. The second-order valence-corrected chi connectivity index (χ2v) is 3.98. The molecule has 0 amide bonds. The van der Waals surface area contributed by atoms with Gasteiger partial charge in [-0.25, -0.2) is 4.79 Å². The summed E-state index contributed by atoms with van der Waals surface area (Å²) in [6.07, 6.45) is 0. The Morgan fingerprint density at radius 2 is 1.53 bits per heavy atom. The number of hydrogen-bond acceptors (Lipinski definition) is 2. The number of carbonyl (C=O) groups is 1. The molecule has 0 N–H and O–H groups in total. The molecule has 0 bridgehead atoms. The van der Waals surface area contributed by atoms with Gasteiger partial charge in [0.15, 0.2) is 0 Å². The standard InChI is InChI=1S/C12H8Cl2NO2/c13-10-7-4-8-11(14)15(10)17-12(16)9-5-2-1-3-6-9/h1-8H/q+1. The Hall–Kier alpha value is -1.58. The first-order chi connectivity index (χ1) is 8.18. The molecule has 5 heteroatoms. The van der Waals surface area contributed by atoms with Crippen molar-refractivity contribution in [2.45, 2.75) is 0 Å². The molecule has 0 saturated heterocycles. The molecule has 0 spiro atoms. The summed E-state index contributed by atoms with van der Waals surface area (Å²) < 4.78 is 1.07. The molecule has 3 nitrogen and oxygen atoms in total. The van der Waals surface area contributed by atoms with E-state index in [1.165, 1.54) is 0 Å². The maximum Gasteiger partial charge on any atom is 0.411 e. The fourth-order valence-corrected chi connectivity index (χ4v) is 1.68. The molecule has 86 valence electrons. The van der Waals surface area contributed by atoms with Gasteiger partial charge in [-0.1, -0.05) is 18.2 Å². The summed E-state index contributed by atoms with van der Waals surface area (Å²) in [5.74, 6) is -0.523. The zero-order chi connectivity index (χ0) is 12.3. The average Bonchev–Trinajstić information content (AvgIpc) is 2.35. The quantitative estimate of drug-likeness (QED) is 0.619. The average molecular weight is 269 g/mol. The van der Waals surface area contributed by atoms with Gasteiger partial charge < -0.3 is 0 Å². The first kappa shape index (κ1) is 11.9. The Kier molecular flexibility index (Phi) is 3.61. The van der Waals surface area contributed by atoms with E-state index in [2.05, 4.69) is 0 Å². The monoisotopic (exact) mass is 268 g/mol. The van der Waals surface area contributed by atoms with Crippen molar-refractivity contribution in [3.05, 3.63) is 64.4 Å². The van der Waals surface area contributed by atoms with Gasteiger partial charge in [0.1, 0.15) is 0 Å². The topological polar surface area (TPSA) is 30.2 Å². The van der Waals surface area contributed by atoms with Crippen LogP contribution in [0, 0.1) is 0 Å². The summed E-state index contributed by atoms with van der Waals surface area (Å²) in [7, 11) is 0. The lowest BCUT2D eigenvalue weighted by atomic mass is 10.2. The van der Waals surface area contributed by atoms with E-state index < -0.39 is 5.97 Å². The largest absolute Gasteiger partial charge is 0.411 e. The van der Waals surface area contributed by atoms with Gasteiger partial charge in [0.25, 0.3) is 0 Å². The van der Waals surface area contributed by atoms with Gasteiger partial charge in [0.05, 0.1) is 10.3 Å². The van der Waals surface area contributed by atoms with Gasteiger partial charge in [0.2, 0.25) is 0 Å². The van der Waals surface area contributed by atoms with Crippen molar-refractivity contribution in [3.63, 3.8) is 0 Å². The van der Waals surface area contributed by atoms with Gasteiger partial charge in [-0.15, -0.1) is 0 Å². The predicted molar refractivity (Wildman–Crippen MR) is 64.0 cm³/mol. The highest BCUT2D eigenvalue weighted by atomic mass is 35.5. The van der Waals surface area contributed by atoms with Crippen molar-refractivity contribution in [2.75, 3.05) is 0 Å². The summed E-state index contributed by atoms with van der Waals surface area (Å²) in [4.78, 5) is 16.8. The third kappa shape index (κ3) is 2.75. The Bertz CT molecular complexity index is 523. The van der Waals surface area contributed by atoms with E-state index in [-0.39, 0.29) is 10.3 Å². The molecule has 1 aromatic heterocycles. The summed E-state index contributed by atoms with van der Waals surface area (Å²) in [6.45, 7) is 0. The first-order valence-electron chi connectivity index (χ1n) is 4.82. The molecule has 0 aliphatic heterocycles. The fraction of sp³-hybridized carbons (Fsp3) is 0. The van der Waals surface area contributed by atoms with Crippen LogP contribution in [0.5, 0.6) is 0 Å². The van der Waals surface area contributed by atoms with Crippen LogP contribution in [0.25, 0.3) is 0 Å². The molecule has 0 radical (unpaired) electrons. The van der Waals surface area contributed by atoms with Crippen molar-refractivity contribution < 1.29 is 14.4 Å². The van der Waals surface area contributed by atoms with Crippen LogP contribution in [0.3, 0.4) is 0 Å². The highest BCUT2D eigenvalue weighted by Crippen LogP contribution is 2.07. The van der Waals surface area contributed by atoms with Crippen molar-refractivity contribution in [2.24, 2.45) is 0 Å². The molecule has 2 aromatic rings. The van der Waals surface area contributed by atoms with Crippen LogP contribution in [-0.4, -0.2) is 5.97 Å². The van der Waals surface area contributed by atoms with Gasteiger partial charge in [0, 0.05) is 12.1 Å². The van der Waals surface area contributed by atoms with Gasteiger partial charge in [-0.2, -0.15) is 4.84 Å². The predicted octanol–water partition coefficient (Wildman–Crippen LogP) is 2.55. The SMILES string of the molecule is O=C(O[n+]1c(Cl)cccc1Cl)c1ccccc1. The van der Waals surface area contributed by atoms with Crippen LogP contribution in [0.15, 0.2) is 48.5 Å². The Labute approximate surface area is 108 Å². The van der Waals surface area contributed by atoms with Crippen LogP contribution in [0.1, 0.15) is 10.4 Å². The second-order valence-electron chi connectivity index (χ2n) is 3.21. The summed E-state index contributed by atoms with van der Waals surface area (Å²) in [6, 6.07) is 13.4. The third-order valence-corrected chi connectivity index (χ3v) is 2.60. The summed E-state index contributed by atoms with van der Waals surface area (Å²) in [5.41, 5.74) is 0.427. The Balaban J connectivity index is 2.25. The lowest BCUT2D eigenvalue weighted by molar-refractivity contribution is -0.864. The van der Waals surface area contributed by atoms with Gasteiger partial charge in [-0.05, 0) is 41.4 Å². The number of hydrogen-bond donors (Lipinski definition) is 0. The van der Waals surface area contributed by atoms with E-state index in [9.17, 15) is 4.79 Å². The first-order valence-corrected chi connectivity index (χ1v) is 5.58.